The molecule has 0 bridgehead atoms. The molecular formula is C21H19N3O4S. The van der Waals surface area contributed by atoms with Gasteiger partial charge in [0.15, 0.2) is 11.5 Å². The number of fused-ring (bicyclic) bond motifs is 1. The number of ether oxygens (including phenoxy) is 3. The second-order valence-electron chi connectivity index (χ2n) is 6.24. The summed E-state index contributed by atoms with van der Waals surface area (Å²) in [6.45, 7) is 2.26. The number of nitrogens with zero attached hydrogens (tertiary/aromatic N) is 2. The molecule has 7 nitrogen and oxygen atoms in total. The molecule has 2 aromatic carbocycles. The Balaban J connectivity index is 1.43. The van der Waals surface area contributed by atoms with Crippen molar-refractivity contribution in [3.8, 4) is 27.8 Å². The molecule has 1 N–H and O–H groups in total. The molecule has 8 heteroatoms. The summed E-state index contributed by atoms with van der Waals surface area (Å²) >= 11 is 1.42. The van der Waals surface area contributed by atoms with E-state index >= 15 is 0 Å². The Morgan fingerprint density at radius 1 is 1.31 bits per heavy atom. The SMILES string of the molecule is CCc1ccc(-c2nc(C(=O)N/N=C\c3cc(OC)c4c(c3)OCO4)cs2)cc1. The first-order valence-electron chi connectivity index (χ1n) is 9.04. The van der Waals surface area contributed by atoms with Gasteiger partial charge >= 0.3 is 0 Å². The smallest absolute Gasteiger partial charge is 0.290 e. The Morgan fingerprint density at radius 3 is 2.90 bits per heavy atom. The number of thiazole rings is 1. The van der Waals surface area contributed by atoms with Crippen LogP contribution in [0.15, 0.2) is 46.9 Å². The fraction of sp³-hybridized carbons (Fsp3) is 0.190. The van der Waals surface area contributed by atoms with E-state index in [9.17, 15) is 4.79 Å². The lowest BCUT2D eigenvalue weighted by Crippen LogP contribution is -2.17. The van der Waals surface area contributed by atoms with Crippen molar-refractivity contribution in [1.82, 2.24) is 10.4 Å². The summed E-state index contributed by atoms with van der Waals surface area (Å²) in [4.78, 5) is 16.8. The zero-order chi connectivity index (χ0) is 20.2. The molecule has 3 aromatic rings. The van der Waals surface area contributed by atoms with E-state index in [2.05, 4.69) is 34.6 Å². The number of aryl methyl sites for hydroxylation is 1. The first-order chi connectivity index (χ1) is 14.2. The van der Waals surface area contributed by atoms with E-state index in [0.29, 0.717) is 28.5 Å². The number of hydrogen-bond donors (Lipinski definition) is 1. The molecule has 4 rings (SSSR count). The van der Waals surface area contributed by atoms with Gasteiger partial charge in [0.2, 0.25) is 12.5 Å². The maximum atomic E-state index is 12.3. The van der Waals surface area contributed by atoms with Crippen LogP contribution in [0.2, 0.25) is 0 Å². The number of benzene rings is 2. The quantitative estimate of drug-likeness (QED) is 0.494. The summed E-state index contributed by atoms with van der Waals surface area (Å²) in [5, 5.41) is 6.53. The van der Waals surface area contributed by atoms with Gasteiger partial charge in [-0.25, -0.2) is 10.4 Å². The summed E-state index contributed by atoms with van der Waals surface area (Å²) in [7, 11) is 1.55. The third-order valence-electron chi connectivity index (χ3n) is 4.41. The van der Waals surface area contributed by atoms with Gasteiger partial charge < -0.3 is 14.2 Å². The van der Waals surface area contributed by atoms with Gasteiger partial charge in [-0.15, -0.1) is 11.3 Å². The topological polar surface area (TPSA) is 82.0 Å². The third kappa shape index (κ3) is 4.07. The van der Waals surface area contributed by atoms with Gasteiger partial charge in [0, 0.05) is 16.5 Å². The van der Waals surface area contributed by atoms with Crippen molar-refractivity contribution >= 4 is 23.5 Å². The molecule has 0 fully saturated rings. The molecule has 0 spiro atoms. The lowest BCUT2D eigenvalue weighted by Gasteiger charge is -2.05. The number of rotatable bonds is 6. The second kappa shape index (κ2) is 8.32. The minimum Gasteiger partial charge on any atom is -0.493 e. The van der Waals surface area contributed by atoms with Crippen LogP contribution in [0, 0.1) is 0 Å². The van der Waals surface area contributed by atoms with Crippen molar-refractivity contribution in [2.45, 2.75) is 13.3 Å². The predicted molar refractivity (Wildman–Crippen MR) is 111 cm³/mol. The molecule has 0 saturated carbocycles. The first-order valence-corrected chi connectivity index (χ1v) is 9.91. The summed E-state index contributed by atoms with van der Waals surface area (Å²) in [5.41, 5.74) is 5.78. The van der Waals surface area contributed by atoms with Crippen molar-refractivity contribution in [3.63, 3.8) is 0 Å². The molecule has 0 radical (unpaired) electrons. The molecule has 0 unspecified atom stereocenters. The van der Waals surface area contributed by atoms with Crippen LogP contribution in [0.1, 0.15) is 28.5 Å². The van der Waals surface area contributed by atoms with Crippen LogP contribution in [0.4, 0.5) is 0 Å². The Morgan fingerprint density at radius 2 is 2.14 bits per heavy atom. The van der Waals surface area contributed by atoms with E-state index in [4.69, 9.17) is 14.2 Å². The summed E-state index contributed by atoms with van der Waals surface area (Å²) in [5.74, 6) is 1.32. The number of aromatic nitrogens is 1. The number of hydrazone groups is 1. The number of carbonyl (C=O) groups excluding carboxylic acids is 1. The Hall–Kier alpha value is -3.39. The molecule has 0 atom stereocenters. The molecule has 2 heterocycles. The van der Waals surface area contributed by atoms with Crippen molar-refractivity contribution in [3.05, 3.63) is 58.6 Å². The minimum absolute atomic E-state index is 0.149. The van der Waals surface area contributed by atoms with Crippen molar-refractivity contribution < 1.29 is 19.0 Å². The normalized spacial score (nSPS) is 12.3. The standard InChI is InChI=1S/C21H19N3O4S/c1-3-13-4-6-15(7-5-13)21-23-16(11-29-21)20(25)24-22-10-14-8-17(26-2)19-18(9-14)27-12-28-19/h4-11H,3,12H2,1-2H3,(H,24,25)/b22-10-. The van der Waals surface area contributed by atoms with E-state index in [1.165, 1.54) is 23.1 Å². The predicted octanol–water partition coefficient (Wildman–Crippen LogP) is 3.87. The lowest BCUT2D eigenvalue weighted by atomic mass is 10.1. The minimum atomic E-state index is -0.373. The number of amides is 1. The highest BCUT2D eigenvalue weighted by Gasteiger charge is 2.19. The highest BCUT2D eigenvalue weighted by atomic mass is 32.1. The molecule has 1 aromatic heterocycles. The number of nitrogens with one attached hydrogen (secondary N) is 1. The van der Waals surface area contributed by atoms with E-state index in [1.54, 1.807) is 24.6 Å². The molecule has 1 aliphatic rings. The van der Waals surface area contributed by atoms with Crippen molar-refractivity contribution in [1.29, 1.82) is 0 Å². The zero-order valence-corrected chi connectivity index (χ0v) is 16.8. The van der Waals surface area contributed by atoms with Crippen LogP contribution in [0.3, 0.4) is 0 Å². The largest absolute Gasteiger partial charge is 0.493 e. The summed E-state index contributed by atoms with van der Waals surface area (Å²) in [6, 6.07) is 11.7. The van der Waals surface area contributed by atoms with Crippen LogP contribution in [-0.2, 0) is 6.42 Å². The fourth-order valence-electron chi connectivity index (χ4n) is 2.84. The Kier molecular flexibility index (Phi) is 5.44. The van der Waals surface area contributed by atoms with Gasteiger partial charge in [-0.05, 0) is 24.1 Å². The van der Waals surface area contributed by atoms with Crippen molar-refractivity contribution in [2.75, 3.05) is 13.9 Å². The first kappa shape index (κ1) is 18.9. The average Bonchev–Trinajstić information content (AvgIpc) is 3.43. The number of methoxy groups -OCH3 is 1. The van der Waals surface area contributed by atoms with Gasteiger partial charge in [-0.2, -0.15) is 5.10 Å². The van der Waals surface area contributed by atoms with Crippen molar-refractivity contribution in [2.24, 2.45) is 5.10 Å². The van der Waals surface area contributed by atoms with Crippen LogP contribution >= 0.6 is 11.3 Å². The number of hydrogen-bond acceptors (Lipinski definition) is 7. The van der Waals surface area contributed by atoms with E-state index in [0.717, 1.165) is 17.0 Å². The third-order valence-corrected chi connectivity index (χ3v) is 5.30. The maximum Gasteiger partial charge on any atom is 0.290 e. The van der Waals surface area contributed by atoms with Crippen LogP contribution < -0.4 is 19.6 Å². The van der Waals surface area contributed by atoms with Crippen LogP contribution in [0.5, 0.6) is 17.2 Å². The fourth-order valence-corrected chi connectivity index (χ4v) is 3.65. The Bertz CT molecular complexity index is 1060. The van der Waals surface area contributed by atoms with E-state index in [1.807, 2.05) is 12.1 Å². The molecule has 1 aliphatic heterocycles. The zero-order valence-electron chi connectivity index (χ0n) is 16.0. The van der Waals surface area contributed by atoms with Gasteiger partial charge in [-0.1, -0.05) is 31.2 Å². The maximum absolute atomic E-state index is 12.3. The average molecular weight is 409 g/mol. The number of carbonyl (C=O) groups is 1. The molecule has 0 saturated heterocycles. The van der Waals surface area contributed by atoms with E-state index < -0.39 is 0 Å². The second-order valence-corrected chi connectivity index (χ2v) is 7.10. The van der Waals surface area contributed by atoms with Gasteiger partial charge in [0.1, 0.15) is 10.7 Å². The Labute approximate surface area is 172 Å². The molecule has 1 amide bonds. The highest BCUT2D eigenvalue weighted by molar-refractivity contribution is 7.13. The monoisotopic (exact) mass is 409 g/mol. The molecule has 29 heavy (non-hydrogen) atoms. The summed E-state index contributed by atoms with van der Waals surface area (Å²) < 4.78 is 16.0. The lowest BCUT2D eigenvalue weighted by molar-refractivity contribution is 0.0951. The van der Waals surface area contributed by atoms with Crippen LogP contribution in [-0.4, -0.2) is 31.0 Å². The summed E-state index contributed by atoms with van der Waals surface area (Å²) in [6.07, 6.45) is 2.50. The van der Waals surface area contributed by atoms with Gasteiger partial charge in [-0.3, -0.25) is 4.79 Å². The highest BCUT2D eigenvalue weighted by Crippen LogP contribution is 2.41. The van der Waals surface area contributed by atoms with Gasteiger partial charge in [0.25, 0.3) is 5.91 Å². The molecule has 0 aliphatic carbocycles. The van der Waals surface area contributed by atoms with Gasteiger partial charge in [0.05, 0.1) is 13.3 Å². The van der Waals surface area contributed by atoms with Crippen LogP contribution in [0.25, 0.3) is 10.6 Å². The van der Waals surface area contributed by atoms with E-state index in [-0.39, 0.29) is 12.7 Å². The molecular weight excluding hydrogens is 390 g/mol. The molecule has 148 valence electrons.